The molecule has 0 atom stereocenters. The number of anilines is 1. The number of carbonyl (C=O) groups excluding carboxylic acids is 4. The van der Waals surface area contributed by atoms with Crippen LogP contribution in [0.25, 0.3) is 6.08 Å². The fourth-order valence-corrected chi connectivity index (χ4v) is 3.39. The number of alkyl halides is 3. The lowest BCUT2D eigenvalue weighted by Gasteiger charge is -2.27. The van der Waals surface area contributed by atoms with Crippen LogP contribution < -0.4 is 19.7 Å². The third-order valence-corrected chi connectivity index (χ3v) is 5.04. The molecule has 1 aliphatic heterocycles. The molecule has 1 aliphatic rings. The smallest absolute Gasteiger partial charge is 0.416 e. The van der Waals surface area contributed by atoms with Gasteiger partial charge in [-0.1, -0.05) is 12.1 Å². The number of rotatable bonds is 6. The van der Waals surface area contributed by atoms with Gasteiger partial charge in [-0.3, -0.25) is 14.9 Å². The van der Waals surface area contributed by atoms with Gasteiger partial charge in [0, 0.05) is 0 Å². The third-order valence-electron chi connectivity index (χ3n) is 5.04. The predicted octanol–water partition coefficient (Wildman–Crippen LogP) is 4.58. The van der Waals surface area contributed by atoms with Crippen LogP contribution in [0, 0.1) is 0 Å². The minimum absolute atomic E-state index is 0.0330. The van der Waals surface area contributed by atoms with Crippen LogP contribution in [0.4, 0.5) is 23.7 Å². The highest BCUT2D eigenvalue weighted by Gasteiger charge is 2.38. The third kappa shape index (κ3) is 5.37. The molecule has 1 fully saturated rings. The zero-order valence-electron chi connectivity index (χ0n) is 19.0. The van der Waals surface area contributed by atoms with E-state index in [1.807, 2.05) is 5.32 Å². The summed E-state index contributed by atoms with van der Waals surface area (Å²) in [6.07, 6.45) is -2.28. The summed E-state index contributed by atoms with van der Waals surface area (Å²) in [6.45, 7) is 1.86. The Kier molecular flexibility index (Phi) is 6.83. The van der Waals surface area contributed by atoms with E-state index in [4.69, 9.17) is 13.9 Å². The summed E-state index contributed by atoms with van der Waals surface area (Å²) in [5, 5.41) is 1.95. The van der Waals surface area contributed by atoms with E-state index in [1.54, 1.807) is 6.92 Å². The lowest BCUT2D eigenvalue weighted by atomic mass is 10.1. The zero-order valence-corrected chi connectivity index (χ0v) is 19.0. The summed E-state index contributed by atoms with van der Waals surface area (Å²) in [7, 11) is 0. The Morgan fingerprint density at radius 2 is 1.84 bits per heavy atom. The second-order valence-corrected chi connectivity index (χ2v) is 7.51. The average Bonchev–Trinajstić information content (AvgIpc) is 3.38. The molecule has 1 aromatic heterocycles. The van der Waals surface area contributed by atoms with Crippen molar-refractivity contribution < 1.29 is 46.2 Å². The van der Waals surface area contributed by atoms with Crippen molar-refractivity contribution in [3.8, 4) is 11.5 Å². The summed E-state index contributed by atoms with van der Waals surface area (Å²) in [5.74, 6) is -2.85. The molecule has 4 rings (SSSR count). The number of nitrogens with one attached hydrogen (secondary N) is 1. The lowest BCUT2D eigenvalue weighted by molar-refractivity contribution is -0.137. The molecule has 0 unspecified atom stereocenters. The highest BCUT2D eigenvalue weighted by molar-refractivity contribution is 6.39. The fraction of sp³-hybridized carbons (Fsp3) is 0.120. The molecule has 4 amide bonds. The number of amides is 4. The Bertz CT molecular complexity index is 1410. The number of halogens is 3. The monoisotopic (exact) mass is 514 g/mol. The van der Waals surface area contributed by atoms with Gasteiger partial charge in [0.15, 0.2) is 11.5 Å². The normalized spacial score (nSPS) is 15.1. The first-order valence-electron chi connectivity index (χ1n) is 10.7. The van der Waals surface area contributed by atoms with Crippen LogP contribution in [0.1, 0.15) is 28.6 Å². The Labute approximate surface area is 207 Å². The number of furan rings is 1. The van der Waals surface area contributed by atoms with Crippen LogP contribution in [-0.2, 0) is 15.8 Å². The van der Waals surface area contributed by atoms with Crippen molar-refractivity contribution in [2.75, 3.05) is 11.5 Å². The maximum atomic E-state index is 13.1. The molecule has 1 saturated heterocycles. The van der Waals surface area contributed by atoms with Gasteiger partial charge >= 0.3 is 18.2 Å². The highest BCUT2D eigenvalue weighted by Crippen LogP contribution is 2.33. The Morgan fingerprint density at radius 1 is 1.05 bits per heavy atom. The van der Waals surface area contributed by atoms with Crippen molar-refractivity contribution in [3.05, 3.63) is 83.3 Å². The standard InChI is InChI=1S/C25H17F3N2O7/c1-2-35-20-12-14(8-9-18(20)37-23(33)19-7-4-10-36-19)11-17-21(31)29-24(34)30(22(17)32)16-6-3-5-15(13-16)25(26,27)28/h3-13H,2H2,1H3,(H,29,31,34)/b17-11+. The van der Waals surface area contributed by atoms with Gasteiger partial charge in [-0.15, -0.1) is 0 Å². The first-order chi connectivity index (χ1) is 17.6. The molecule has 0 saturated carbocycles. The average molecular weight is 514 g/mol. The number of hydrogen-bond acceptors (Lipinski definition) is 7. The van der Waals surface area contributed by atoms with E-state index in [9.17, 15) is 32.3 Å². The van der Waals surface area contributed by atoms with E-state index in [1.165, 1.54) is 36.6 Å². The van der Waals surface area contributed by atoms with Crippen molar-refractivity contribution in [3.63, 3.8) is 0 Å². The van der Waals surface area contributed by atoms with Crippen LogP contribution >= 0.6 is 0 Å². The molecule has 190 valence electrons. The van der Waals surface area contributed by atoms with Crippen molar-refractivity contribution >= 4 is 35.6 Å². The molecule has 1 N–H and O–H groups in total. The van der Waals surface area contributed by atoms with Gasteiger partial charge in [-0.25, -0.2) is 14.5 Å². The van der Waals surface area contributed by atoms with Gasteiger partial charge in [0.2, 0.25) is 5.76 Å². The summed E-state index contributed by atoms with van der Waals surface area (Å²) in [6, 6.07) is 9.46. The lowest BCUT2D eigenvalue weighted by Crippen LogP contribution is -2.54. The van der Waals surface area contributed by atoms with Crippen molar-refractivity contribution in [2.24, 2.45) is 0 Å². The second-order valence-electron chi connectivity index (χ2n) is 7.51. The van der Waals surface area contributed by atoms with E-state index in [-0.39, 0.29) is 35.1 Å². The second kappa shape index (κ2) is 10.0. The van der Waals surface area contributed by atoms with E-state index < -0.39 is 41.1 Å². The summed E-state index contributed by atoms with van der Waals surface area (Å²) in [4.78, 5) is 50.5. The number of barbiturate groups is 1. The molecule has 0 radical (unpaired) electrons. The van der Waals surface area contributed by atoms with E-state index in [0.29, 0.717) is 11.0 Å². The van der Waals surface area contributed by atoms with Gasteiger partial charge in [-0.05, 0) is 61.0 Å². The number of carbonyl (C=O) groups is 4. The van der Waals surface area contributed by atoms with Crippen LogP contribution in [0.2, 0.25) is 0 Å². The van der Waals surface area contributed by atoms with Gasteiger partial charge in [0.25, 0.3) is 11.8 Å². The molecule has 0 bridgehead atoms. The number of urea groups is 1. The van der Waals surface area contributed by atoms with Gasteiger partial charge in [0.1, 0.15) is 5.57 Å². The molecular weight excluding hydrogens is 497 g/mol. The fourth-order valence-electron chi connectivity index (χ4n) is 3.39. The molecule has 12 heteroatoms. The number of ether oxygens (including phenoxy) is 2. The summed E-state index contributed by atoms with van der Waals surface area (Å²) < 4.78 is 55.2. The number of imide groups is 2. The van der Waals surface area contributed by atoms with Crippen molar-refractivity contribution in [2.45, 2.75) is 13.1 Å². The molecule has 2 aromatic carbocycles. The molecular formula is C25H17F3N2O7. The van der Waals surface area contributed by atoms with Crippen LogP contribution in [0.3, 0.4) is 0 Å². The molecule has 9 nitrogen and oxygen atoms in total. The SMILES string of the molecule is CCOc1cc(/C=C2\C(=O)NC(=O)N(c3cccc(C(F)(F)F)c3)C2=O)ccc1OC(=O)c1ccco1. The van der Waals surface area contributed by atoms with E-state index in [2.05, 4.69) is 0 Å². The first kappa shape index (κ1) is 25.2. The van der Waals surface area contributed by atoms with Gasteiger partial charge in [-0.2, -0.15) is 13.2 Å². The number of esters is 1. The molecule has 3 aromatic rings. The van der Waals surface area contributed by atoms with Gasteiger partial charge < -0.3 is 13.9 Å². The van der Waals surface area contributed by atoms with Crippen molar-refractivity contribution in [1.82, 2.24) is 5.32 Å². The van der Waals surface area contributed by atoms with Crippen molar-refractivity contribution in [1.29, 1.82) is 0 Å². The summed E-state index contributed by atoms with van der Waals surface area (Å²) >= 11 is 0. The van der Waals surface area contributed by atoms with Crippen LogP contribution in [-0.4, -0.2) is 30.4 Å². The zero-order chi connectivity index (χ0) is 26.7. The maximum Gasteiger partial charge on any atom is 0.416 e. The van der Waals surface area contributed by atoms with E-state index >= 15 is 0 Å². The molecule has 0 aliphatic carbocycles. The number of nitrogens with zero attached hydrogens (tertiary/aromatic N) is 1. The molecule has 0 spiro atoms. The number of hydrogen-bond donors (Lipinski definition) is 1. The molecule has 37 heavy (non-hydrogen) atoms. The van der Waals surface area contributed by atoms with Crippen LogP contribution in [0.15, 0.2) is 70.9 Å². The number of benzene rings is 2. The first-order valence-corrected chi connectivity index (χ1v) is 10.7. The topological polar surface area (TPSA) is 115 Å². The Morgan fingerprint density at radius 3 is 2.51 bits per heavy atom. The van der Waals surface area contributed by atoms with E-state index in [0.717, 1.165) is 24.3 Å². The highest BCUT2D eigenvalue weighted by atomic mass is 19.4. The largest absolute Gasteiger partial charge is 0.490 e. The minimum Gasteiger partial charge on any atom is -0.490 e. The predicted molar refractivity (Wildman–Crippen MR) is 122 cm³/mol. The quantitative estimate of drug-likeness (QED) is 0.222. The summed E-state index contributed by atoms with van der Waals surface area (Å²) in [5.41, 5.74) is -1.71. The van der Waals surface area contributed by atoms with Crippen LogP contribution in [0.5, 0.6) is 11.5 Å². The maximum absolute atomic E-state index is 13.1. The molecule has 2 heterocycles. The minimum atomic E-state index is -4.71. The Hall–Kier alpha value is -4.87. The Balaban J connectivity index is 1.66. The van der Waals surface area contributed by atoms with Gasteiger partial charge in [0.05, 0.1) is 24.1 Å².